The van der Waals surface area contributed by atoms with Gasteiger partial charge in [-0.3, -0.25) is 4.79 Å². The molecule has 0 heterocycles. The van der Waals surface area contributed by atoms with E-state index in [0.717, 1.165) is 34.9 Å². The van der Waals surface area contributed by atoms with Crippen molar-refractivity contribution in [1.29, 1.82) is 0 Å². The highest BCUT2D eigenvalue weighted by atomic mass is 16.5. The molecule has 37 heavy (non-hydrogen) atoms. The highest BCUT2D eigenvalue weighted by molar-refractivity contribution is 5.93. The Kier molecular flexibility index (Phi) is 8.42. The molecule has 2 aromatic carbocycles. The van der Waals surface area contributed by atoms with Gasteiger partial charge < -0.3 is 25.2 Å². The van der Waals surface area contributed by atoms with E-state index in [4.69, 9.17) is 9.47 Å². The maximum atomic E-state index is 12.4. The van der Waals surface area contributed by atoms with Gasteiger partial charge in [-0.25, -0.2) is 4.79 Å². The van der Waals surface area contributed by atoms with Crippen molar-refractivity contribution in [3.05, 3.63) is 60.5 Å². The van der Waals surface area contributed by atoms with Crippen molar-refractivity contribution in [2.24, 2.45) is 23.7 Å². The summed E-state index contributed by atoms with van der Waals surface area (Å²) in [6, 6.07) is 14.3. The molecule has 4 rings (SSSR count). The van der Waals surface area contributed by atoms with E-state index in [9.17, 15) is 14.7 Å². The van der Waals surface area contributed by atoms with Gasteiger partial charge in [-0.1, -0.05) is 56.3 Å². The lowest BCUT2D eigenvalue weighted by Gasteiger charge is -2.52. The Morgan fingerprint density at radius 2 is 1.92 bits per heavy atom. The Balaban J connectivity index is 1.27. The van der Waals surface area contributed by atoms with Crippen molar-refractivity contribution < 1.29 is 24.2 Å². The molecule has 0 aromatic heterocycles. The summed E-state index contributed by atoms with van der Waals surface area (Å²) in [6.07, 6.45) is 5.86. The summed E-state index contributed by atoms with van der Waals surface area (Å²) in [5, 5.41) is 20.1. The molecule has 0 aliphatic heterocycles. The van der Waals surface area contributed by atoms with E-state index in [2.05, 4.69) is 42.2 Å². The van der Waals surface area contributed by atoms with Crippen LogP contribution in [-0.4, -0.2) is 48.6 Å². The maximum Gasteiger partial charge on any atom is 0.407 e. The fourth-order valence-electron chi connectivity index (χ4n) is 5.73. The molecular weight excluding hydrogens is 468 g/mol. The van der Waals surface area contributed by atoms with Gasteiger partial charge in [-0.15, -0.1) is 0 Å². The summed E-state index contributed by atoms with van der Waals surface area (Å²) in [5.41, 5.74) is 0.710. The normalized spacial score (nSPS) is 28.0. The van der Waals surface area contributed by atoms with Gasteiger partial charge in [0, 0.05) is 37.0 Å². The second-order valence-electron chi connectivity index (χ2n) is 10.5. The molecule has 2 aliphatic rings. The predicted molar refractivity (Wildman–Crippen MR) is 144 cm³/mol. The minimum Gasteiger partial charge on any atom is -0.457 e. The number of carbonyl (C=O) groups is 2. The predicted octanol–water partition coefficient (Wildman–Crippen LogP) is 4.98. The average molecular weight is 507 g/mol. The summed E-state index contributed by atoms with van der Waals surface area (Å²) in [7, 11) is 0. The molecule has 1 fully saturated rings. The molecule has 3 N–H and O–H groups in total. The number of ether oxygens (including phenoxy) is 2. The van der Waals surface area contributed by atoms with E-state index in [1.807, 2.05) is 44.2 Å². The van der Waals surface area contributed by atoms with Crippen LogP contribution in [-0.2, 0) is 14.3 Å². The fraction of sp³-hybridized carbons (Fsp3) is 0.500. The van der Waals surface area contributed by atoms with Crippen LogP contribution in [0.1, 0.15) is 40.5 Å². The lowest BCUT2D eigenvalue weighted by Crippen LogP contribution is -2.56. The largest absolute Gasteiger partial charge is 0.457 e. The summed E-state index contributed by atoms with van der Waals surface area (Å²) in [5.74, 6) is -0.425. The van der Waals surface area contributed by atoms with Crippen molar-refractivity contribution in [3.63, 3.8) is 0 Å². The lowest BCUT2D eigenvalue weighted by molar-refractivity contribution is -0.148. The number of amides is 1. The minimum atomic E-state index is -1.19. The zero-order valence-corrected chi connectivity index (χ0v) is 22.1. The van der Waals surface area contributed by atoms with Crippen LogP contribution in [0.2, 0.25) is 0 Å². The van der Waals surface area contributed by atoms with Gasteiger partial charge >= 0.3 is 12.1 Å². The van der Waals surface area contributed by atoms with E-state index in [0.29, 0.717) is 13.1 Å². The number of fused-ring (bicyclic) bond motifs is 2. The first-order valence-electron chi connectivity index (χ1n) is 13.2. The van der Waals surface area contributed by atoms with E-state index in [-0.39, 0.29) is 30.3 Å². The molecule has 0 unspecified atom stereocenters. The van der Waals surface area contributed by atoms with E-state index >= 15 is 0 Å². The van der Waals surface area contributed by atoms with Crippen LogP contribution < -0.4 is 10.6 Å². The number of rotatable bonds is 8. The van der Waals surface area contributed by atoms with Crippen LogP contribution in [0.4, 0.5) is 10.5 Å². The third-order valence-electron chi connectivity index (χ3n) is 7.86. The van der Waals surface area contributed by atoms with Crippen LogP contribution in [0, 0.1) is 30.1 Å². The van der Waals surface area contributed by atoms with Gasteiger partial charge in [-0.2, -0.15) is 0 Å². The average Bonchev–Trinajstić information content (AvgIpc) is 2.87. The third-order valence-corrected chi connectivity index (χ3v) is 7.86. The SMILES string of the molecule is CC(=O)O[C@@H]1[C][C@@]2(O)[C@H](C)CC[C@H]([C@H](C)COC(=O)NCCNc3cccc4ccccc34)[C@H]2C=C1C. The molecule has 2 radical (unpaired) electrons. The number of alkyl carbamates (subject to hydrolysis) is 1. The quantitative estimate of drug-likeness (QED) is 0.265. The molecular formula is C30H38N2O5. The number of hydrogen-bond donors (Lipinski definition) is 3. The van der Waals surface area contributed by atoms with Crippen molar-refractivity contribution >= 4 is 28.5 Å². The first-order chi connectivity index (χ1) is 17.7. The second kappa shape index (κ2) is 11.5. The zero-order valence-electron chi connectivity index (χ0n) is 22.1. The van der Waals surface area contributed by atoms with Crippen molar-refractivity contribution in [3.8, 4) is 0 Å². The number of hydrogen-bond acceptors (Lipinski definition) is 6. The van der Waals surface area contributed by atoms with Gasteiger partial charge in [0.15, 0.2) is 0 Å². The van der Waals surface area contributed by atoms with Crippen molar-refractivity contribution in [2.75, 3.05) is 25.0 Å². The molecule has 7 nitrogen and oxygen atoms in total. The fourth-order valence-corrected chi connectivity index (χ4v) is 5.73. The molecule has 7 heteroatoms. The topological polar surface area (TPSA) is 96.9 Å². The van der Waals surface area contributed by atoms with Crippen LogP contribution in [0.25, 0.3) is 10.8 Å². The second-order valence-corrected chi connectivity index (χ2v) is 10.5. The molecule has 0 spiro atoms. The smallest absolute Gasteiger partial charge is 0.407 e. The molecule has 2 aromatic rings. The summed E-state index contributed by atoms with van der Waals surface area (Å²) >= 11 is 0. The highest BCUT2D eigenvalue weighted by Crippen LogP contribution is 2.50. The number of aliphatic hydroxyl groups is 1. The third kappa shape index (κ3) is 6.09. The molecule has 0 saturated heterocycles. The Bertz CT molecular complexity index is 1140. The molecule has 2 aliphatic carbocycles. The lowest BCUT2D eigenvalue weighted by atomic mass is 9.57. The monoisotopic (exact) mass is 506 g/mol. The Morgan fingerprint density at radius 3 is 2.70 bits per heavy atom. The van der Waals surface area contributed by atoms with Gasteiger partial charge in [0.05, 0.1) is 18.6 Å². The van der Waals surface area contributed by atoms with Crippen molar-refractivity contribution in [1.82, 2.24) is 5.32 Å². The number of benzene rings is 2. The summed E-state index contributed by atoms with van der Waals surface area (Å²) in [6.45, 7) is 8.60. The van der Waals surface area contributed by atoms with Gasteiger partial charge in [0.25, 0.3) is 0 Å². The zero-order chi connectivity index (χ0) is 26.6. The standard InChI is InChI=1S/C30H38N2O5/c1-19-16-26-24(13-12-21(3)30(26,35)17-28(19)37-22(4)33)20(2)18-36-29(34)32-15-14-31-27-11-7-9-23-8-5-6-10-25(23)27/h5-11,16,20-21,24,26,28,31,35H,12-15,18H2,1-4H3,(H,32,34)/t20-,21-,24-,26-,28-,30-/m1/s1. The number of anilines is 1. The van der Waals surface area contributed by atoms with E-state index in [1.165, 1.54) is 6.92 Å². The molecule has 6 atom stereocenters. The molecule has 0 bridgehead atoms. The molecule has 1 amide bonds. The first kappa shape index (κ1) is 27.0. The molecule has 198 valence electrons. The Morgan fingerprint density at radius 1 is 1.16 bits per heavy atom. The van der Waals surface area contributed by atoms with Gasteiger partial charge in [0.2, 0.25) is 0 Å². The highest BCUT2D eigenvalue weighted by Gasteiger charge is 2.53. The number of esters is 1. The van der Waals surface area contributed by atoms with Crippen LogP contribution in [0.5, 0.6) is 0 Å². The minimum absolute atomic E-state index is 0.0122. The number of carbonyl (C=O) groups excluding carboxylic acids is 2. The van der Waals surface area contributed by atoms with Crippen LogP contribution >= 0.6 is 0 Å². The Labute approximate surface area is 219 Å². The van der Waals surface area contributed by atoms with Crippen LogP contribution in [0.3, 0.4) is 0 Å². The van der Waals surface area contributed by atoms with Crippen LogP contribution in [0.15, 0.2) is 54.1 Å². The molecule has 1 saturated carbocycles. The maximum absolute atomic E-state index is 12.4. The summed E-state index contributed by atoms with van der Waals surface area (Å²) in [4.78, 5) is 23.9. The van der Waals surface area contributed by atoms with Gasteiger partial charge in [0.1, 0.15) is 6.10 Å². The van der Waals surface area contributed by atoms with Gasteiger partial charge in [-0.05, 0) is 54.5 Å². The van der Waals surface area contributed by atoms with E-state index in [1.54, 1.807) is 0 Å². The number of nitrogens with one attached hydrogen (secondary N) is 2. The van der Waals surface area contributed by atoms with Crippen molar-refractivity contribution in [2.45, 2.75) is 52.2 Å². The first-order valence-corrected chi connectivity index (χ1v) is 13.2. The van der Waals surface area contributed by atoms with E-state index < -0.39 is 23.8 Å². The summed E-state index contributed by atoms with van der Waals surface area (Å²) < 4.78 is 10.9. The Hall–Kier alpha value is -3.06.